The van der Waals surface area contributed by atoms with E-state index in [1.165, 1.54) is 23.1 Å². The first-order valence-electron chi connectivity index (χ1n) is 6.23. The summed E-state index contributed by atoms with van der Waals surface area (Å²) in [7, 11) is -3.44. The van der Waals surface area contributed by atoms with E-state index in [-0.39, 0.29) is 12.4 Å². The first kappa shape index (κ1) is 15.3. The van der Waals surface area contributed by atoms with Gasteiger partial charge in [0.05, 0.1) is 17.5 Å². The molecule has 9 heteroatoms. The summed E-state index contributed by atoms with van der Waals surface area (Å²) in [6, 6.07) is 3.20. The van der Waals surface area contributed by atoms with Crippen molar-refractivity contribution in [2.24, 2.45) is 0 Å². The van der Waals surface area contributed by atoms with E-state index < -0.39 is 10.0 Å². The molecule has 1 aliphatic rings. The van der Waals surface area contributed by atoms with Crippen LogP contribution in [0.1, 0.15) is 16.1 Å². The highest BCUT2D eigenvalue weighted by Crippen LogP contribution is 2.40. The second-order valence-electron chi connectivity index (χ2n) is 4.79. The van der Waals surface area contributed by atoms with Crippen molar-refractivity contribution in [2.75, 3.05) is 17.6 Å². The smallest absolute Gasteiger partial charge is 0.229 e. The molecule has 0 unspecified atom stereocenters. The van der Waals surface area contributed by atoms with E-state index in [2.05, 4.69) is 9.71 Å². The number of ether oxygens (including phenoxy) is 1. The molecular weight excluding hydrogens is 344 g/mol. The van der Waals surface area contributed by atoms with Crippen molar-refractivity contribution in [1.82, 2.24) is 4.98 Å². The van der Waals surface area contributed by atoms with Gasteiger partial charge in [0.15, 0.2) is 10.9 Å². The van der Waals surface area contributed by atoms with Crippen LogP contribution in [0.15, 0.2) is 26.7 Å². The third-order valence-electron chi connectivity index (χ3n) is 2.83. The summed E-state index contributed by atoms with van der Waals surface area (Å²) in [5.41, 5.74) is 1.74. The summed E-state index contributed by atoms with van der Waals surface area (Å²) in [5.74, 6) is 0.286. The molecule has 22 heavy (non-hydrogen) atoms. The summed E-state index contributed by atoms with van der Waals surface area (Å²) in [5, 5.41) is 1.91. The molecule has 1 aromatic heterocycles. The van der Waals surface area contributed by atoms with Gasteiger partial charge in [0.1, 0.15) is 5.75 Å². The number of aryl methyl sites for hydroxylation is 1. The Hall–Kier alpha value is -1.58. The van der Waals surface area contributed by atoms with Gasteiger partial charge in [0, 0.05) is 22.0 Å². The van der Waals surface area contributed by atoms with Crippen LogP contribution in [0, 0.1) is 6.92 Å². The number of ketones is 1. The normalized spacial score (nSPS) is 13.8. The van der Waals surface area contributed by atoms with Crippen LogP contribution in [0.25, 0.3) is 0 Å². The lowest BCUT2D eigenvalue weighted by Gasteiger charge is -2.11. The predicted molar refractivity (Wildman–Crippen MR) is 85.7 cm³/mol. The van der Waals surface area contributed by atoms with Crippen molar-refractivity contribution in [3.8, 4) is 5.75 Å². The van der Waals surface area contributed by atoms with Crippen LogP contribution in [-0.4, -0.2) is 32.0 Å². The van der Waals surface area contributed by atoms with E-state index in [4.69, 9.17) is 4.74 Å². The molecule has 3 rings (SSSR count). The molecule has 2 aromatic rings. The van der Waals surface area contributed by atoms with Gasteiger partial charge in [-0.2, -0.15) is 0 Å². The maximum Gasteiger partial charge on any atom is 0.229 e. The van der Waals surface area contributed by atoms with Gasteiger partial charge < -0.3 is 4.74 Å². The Morgan fingerprint density at radius 1 is 1.41 bits per heavy atom. The van der Waals surface area contributed by atoms with Crippen LogP contribution in [-0.2, 0) is 10.0 Å². The summed E-state index contributed by atoms with van der Waals surface area (Å²) in [6.07, 6.45) is 1.08. The zero-order valence-electron chi connectivity index (χ0n) is 11.7. The van der Waals surface area contributed by atoms with Crippen LogP contribution in [0.5, 0.6) is 5.75 Å². The molecule has 0 radical (unpaired) electrons. The van der Waals surface area contributed by atoms with Gasteiger partial charge in [-0.1, -0.05) is 11.8 Å². The van der Waals surface area contributed by atoms with Crippen molar-refractivity contribution < 1.29 is 17.9 Å². The highest BCUT2D eigenvalue weighted by atomic mass is 32.2. The minimum absolute atomic E-state index is 0.0157. The first-order valence-corrected chi connectivity index (χ1v) is 9.82. The predicted octanol–water partition coefficient (Wildman–Crippen LogP) is 2.55. The van der Waals surface area contributed by atoms with Gasteiger partial charge in [-0.05, 0) is 13.0 Å². The van der Waals surface area contributed by atoms with Crippen LogP contribution in [0.4, 0.5) is 5.69 Å². The second kappa shape index (κ2) is 5.56. The molecule has 0 saturated carbocycles. The van der Waals surface area contributed by atoms with Crippen molar-refractivity contribution in [3.05, 3.63) is 28.8 Å². The number of sulfonamides is 1. The molecule has 0 spiro atoms. The maximum atomic E-state index is 11.8. The molecule has 116 valence electrons. The minimum Gasteiger partial charge on any atom is -0.485 e. The highest BCUT2D eigenvalue weighted by molar-refractivity contribution is 8.01. The highest BCUT2D eigenvalue weighted by Gasteiger charge is 2.25. The molecule has 0 amide bonds. The molecule has 2 heterocycles. The molecule has 1 N–H and O–H groups in total. The van der Waals surface area contributed by atoms with E-state index >= 15 is 0 Å². The molecule has 0 aliphatic carbocycles. The Labute approximate surface area is 136 Å². The zero-order valence-corrected chi connectivity index (χ0v) is 14.2. The number of aromatic nitrogens is 1. The Balaban J connectivity index is 2.05. The number of rotatable bonds is 4. The number of Topliss-reactive ketones (excluding diaryl/α,β-unsaturated/α-hetero) is 1. The number of fused-ring (bicyclic) bond motifs is 1. The Morgan fingerprint density at radius 2 is 2.18 bits per heavy atom. The van der Waals surface area contributed by atoms with Crippen LogP contribution in [0.2, 0.25) is 0 Å². The third kappa shape index (κ3) is 3.26. The summed E-state index contributed by atoms with van der Waals surface area (Å²) in [4.78, 5) is 16.8. The standard InChI is InChI=1S/C13H12N2O4S3/c1-7-6-20-13(14-7)21-12-3-8-10(16)5-19-11(8)4-9(12)15-22(2,17)18/h3-4,6,15H,5H2,1-2H3. The number of anilines is 1. The van der Waals surface area contributed by atoms with Crippen molar-refractivity contribution in [3.63, 3.8) is 0 Å². The largest absolute Gasteiger partial charge is 0.485 e. The lowest BCUT2D eigenvalue weighted by Crippen LogP contribution is -2.10. The topological polar surface area (TPSA) is 85.4 Å². The van der Waals surface area contributed by atoms with Crippen molar-refractivity contribution in [2.45, 2.75) is 16.2 Å². The van der Waals surface area contributed by atoms with Gasteiger partial charge in [0.2, 0.25) is 15.8 Å². The fourth-order valence-electron chi connectivity index (χ4n) is 1.96. The molecule has 6 nitrogen and oxygen atoms in total. The number of nitrogens with one attached hydrogen (secondary N) is 1. The van der Waals surface area contributed by atoms with Gasteiger partial charge >= 0.3 is 0 Å². The molecule has 0 bridgehead atoms. The molecular formula is C13H12N2O4S3. The van der Waals surface area contributed by atoms with E-state index in [0.29, 0.717) is 21.9 Å². The lowest BCUT2D eigenvalue weighted by atomic mass is 10.1. The fraction of sp³-hybridized carbons (Fsp3) is 0.231. The van der Waals surface area contributed by atoms with Crippen molar-refractivity contribution in [1.29, 1.82) is 0 Å². The number of hydrogen-bond acceptors (Lipinski definition) is 7. The van der Waals surface area contributed by atoms with Gasteiger partial charge in [-0.3, -0.25) is 9.52 Å². The summed E-state index contributed by atoms with van der Waals surface area (Å²) < 4.78 is 31.6. The van der Waals surface area contributed by atoms with E-state index in [1.54, 1.807) is 12.1 Å². The number of carbonyl (C=O) groups excluding carboxylic acids is 1. The van der Waals surface area contributed by atoms with Gasteiger partial charge in [-0.15, -0.1) is 11.3 Å². The number of thiazole rings is 1. The number of carbonyl (C=O) groups is 1. The van der Waals surface area contributed by atoms with E-state index in [1.807, 2.05) is 12.3 Å². The minimum atomic E-state index is -3.44. The summed E-state index contributed by atoms with van der Waals surface area (Å²) >= 11 is 2.78. The Morgan fingerprint density at radius 3 is 2.82 bits per heavy atom. The third-order valence-corrected chi connectivity index (χ3v) is 5.54. The molecule has 0 atom stereocenters. The van der Waals surface area contributed by atoms with Crippen molar-refractivity contribution >= 4 is 44.6 Å². The van der Waals surface area contributed by atoms with Crippen LogP contribution >= 0.6 is 23.1 Å². The Kier molecular flexibility index (Phi) is 3.87. The SMILES string of the molecule is Cc1csc(Sc2cc3c(cc2NS(C)(=O)=O)OCC3=O)n1. The Bertz CT molecular complexity index is 858. The average Bonchev–Trinajstić information content (AvgIpc) is 2.96. The quantitative estimate of drug-likeness (QED) is 0.906. The maximum absolute atomic E-state index is 11.8. The van der Waals surface area contributed by atoms with Crippen LogP contribution < -0.4 is 9.46 Å². The lowest BCUT2D eigenvalue weighted by molar-refractivity contribution is 0.0961. The second-order valence-corrected chi connectivity index (χ2v) is 8.68. The van der Waals surface area contributed by atoms with Crippen LogP contribution in [0.3, 0.4) is 0 Å². The summed E-state index contributed by atoms with van der Waals surface area (Å²) in [6.45, 7) is 1.87. The number of nitrogens with zero attached hydrogens (tertiary/aromatic N) is 1. The zero-order chi connectivity index (χ0) is 15.9. The molecule has 0 fully saturated rings. The van der Waals surface area contributed by atoms with E-state index in [9.17, 15) is 13.2 Å². The fourth-order valence-corrected chi connectivity index (χ4v) is 4.49. The number of hydrogen-bond donors (Lipinski definition) is 1. The molecule has 1 aliphatic heterocycles. The van der Waals surface area contributed by atoms with Gasteiger partial charge in [0.25, 0.3) is 0 Å². The molecule has 0 saturated heterocycles. The van der Waals surface area contributed by atoms with E-state index in [0.717, 1.165) is 16.3 Å². The molecule has 1 aromatic carbocycles. The van der Waals surface area contributed by atoms with Gasteiger partial charge in [-0.25, -0.2) is 13.4 Å². The average molecular weight is 356 g/mol. The number of benzene rings is 1. The monoisotopic (exact) mass is 356 g/mol. The first-order chi connectivity index (χ1) is 10.3.